The van der Waals surface area contributed by atoms with Crippen LogP contribution in [0.3, 0.4) is 0 Å². The largest absolute Gasteiger partial charge is 0.398 e. The normalized spacial score (nSPS) is 15.4. The molecule has 3 N–H and O–H groups in total. The van der Waals surface area contributed by atoms with Gasteiger partial charge in [-0.15, -0.1) is 0 Å². The van der Waals surface area contributed by atoms with Crippen LogP contribution in [0, 0.1) is 0 Å². The molecule has 0 bridgehead atoms. The van der Waals surface area contributed by atoms with Crippen molar-refractivity contribution >= 4 is 23.0 Å². The summed E-state index contributed by atoms with van der Waals surface area (Å²) in [5.74, 6) is 0.0276. The van der Waals surface area contributed by atoms with Crippen LogP contribution in [-0.2, 0) is 14.6 Å². The number of hydrogen-bond acceptors (Lipinski definition) is 5. The first-order chi connectivity index (χ1) is 3.95. The third-order valence-corrected chi connectivity index (χ3v) is 1.28. The van der Waals surface area contributed by atoms with E-state index in [-0.39, 0.29) is 5.75 Å². The maximum Gasteiger partial charge on any atom is 0.398 e. The molecule has 0 saturated carbocycles. The maximum atomic E-state index is 9.82. The molecule has 0 saturated heterocycles. The van der Waals surface area contributed by atoms with Gasteiger partial charge in [-0.05, 0) is 0 Å². The highest BCUT2D eigenvalue weighted by molar-refractivity contribution is 7.81. The fraction of sp³-hybridized carbons (Fsp3) is 1.00. The molecule has 0 fully saturated rings. The van der Waals surface area contributed by atoms with Gasteiger partial charge in [-0.2, -0.15) is 21.0 Å². The average Bonchev–Trinajstić information content (AvgIpc) is 1.62. The van der Waals surface area contributed by atoms with Gasteiger partial charge in [0.25, 0.3) is 0 Å². The standard InChI is InChI=1S/C2H7NO4S2/c3-2(1-8)7-9(4,5)6/h2,8H,1,3H2,(H,4,5,6). The Balaban J connectivity index is 3.75. The van der Waals surface area contributed by atoms with Gasteiger partial charge < -0.3 is 5.73 Å². The highest BCUT2D eigenvalue weighted by Gasteiger charge is 2.09. The van der Waals surface area contributed by atoms with Crippen LogP contribution < -0.4 is 5.73 Å². The Bertz CT molecular complexity index is 163. The second kappa shape index (κ2) is 3.37. The van der Waals surface area contributed by atoms with Crippen LogP contribution in [0.1, 0.15) is 0 Å². The number of thiol groups is 1. The quantitative estimate of drug-likeness (QED) is 0.290. The third kappa shape index (κ3) is 6.06. The molecule has 0 aliphatic carbocycles. The van der Waals surface area contributed by atoms with Gasteiger partial charge in [-0.3, -0.25) is 4.55 Å². The van der Waals surface area contributed by atoms with E-state index in [0.717, 1.165) is 0 Å². The van der Waals surface area contributed by atoms with E-state index in [0.29, 0.717) is 0 Å². The topological polar surface area (TPSA) is 89.6 Å². The Morgan fingerprint density at radius 3 is 2.33 bits per heavy atom. The molecule has 5 nitrogen and oxygen atoms in total. The van der Waals surface area contributed by atoms with E-state index in [1.807, 2.05) is 0 Å². The van der Waals surface area contributed by atoms with E-state index < -0.39 is 16.6 Å². The van der Waals surface area contributed by atoms with Crippen LogP contribution >= 0.6 is 12.6 Å². The van der Waals surface area contributed by atoms with E-state index in [4.69, 9.17) is 10.3 Å². The molecular weight excluding hydrogens is 166 g/mol. The summed E-state index contributed by atoms with van der Waals surface area (Å²) < 4.78 is 31.4. The van der Waals surface area contributed by atoms with Crippen molar-refractivity contribution in [1.82, 2.24) is 0 Å². The number of hydrogen-bond donors (Lipinski definition) is 3. The van der Waals surface area contributed by atoms with Crippen molar-refractivity contribution in [3.63, 3.8) is 0 Å². The monoisotopic (exact) mass is 173 g/mol. The molecule has 0 aliphatic heterocycles. The van der Waals surface area contributed by atoms with E-state index in [1.165, 1.54) is 0 Å². The van der Waals surface area contributed by atoms with Crippen molar-refractivity contribution in [2.45, 2.75) is 6.23 Å². The molecule has 0 aliphatic rings. The number of rotatable bonds is 3. The zero-order valence-electron chi connectivity index (χ0n) is 4.39. The van der Waals surface area contributed by atoms with Crippen LogP contribution in [0.15, 0.2) is 0 Å². The lowest BCUT2D eigenvalue weighted by atomic mass is 10.7. The molecule has 0 aromatic carbocycles. The van der Waals surface area contributed by atoms with Gasteiger partial charge in [0.05, 0.1) is 0 Å². The van der Waals surface area contributed by atoms with Crippen LogP contribution in [-0.4, -0.2) is 25.0 Å². The van der Waals surface area contributed by atoms with Crippen LogP contribution in [0.4, 0.5) is 0 Å². The second-order valence-electron chi connectivity index (χ2n) is 1.24. The first-order valence-electron chi connectivity index (χ1n) is 1.98. The summed E-state index contributed by atoms with van der Waals surface area (Å²) >= 11 is 3.60. The summed E-state index contributed by atoms with van der Waals surface area (Å²) in [5.41, 5.74) is 4.92. The third-order valence-electron chi connectivity index (χ3n) is 0.425. The van der Waals surface area contributed by atoms with Gasteiger partial charge in [-0.1, -0.05) is 0 Å². The summed E-state index contributed by atoms with van der Waals surface area (Å²) in [5, 5.41) is 0. The van der Waals surface area contributed by atoms with Gasteiger partial charge in [0, 0.05) is 5.75 Å². The molecule has 0 spiro atoms. The zero-order valence-corrected chi connectivity index (χ0v) is 6.10. The Morgan fingerprint density at radius 2 is 2.22 bits per heavy atom. The fourth-order valence-corrected chi connectivity index (χ4v) is 0.742. The van der Waals surface area contributed by atoms with Crippen molar-refractivity contribution in [2.75, 3.05) is 5.75 Å². The van der Waals surface area contributed by atoms with Crippen LogP contribution in [0.5, 0.6) is 0 Å². The highest BCUT2D eigenvalue weighted by atomic mass is 32.3. The van der Waals surface area contributed by atoms with Gasteiger partial charge >= 0.3 is 10.4 Å². The van der Waals surface area contributed by atoms with Crippen molar-refractivity contribution in [3.05, 3.63) is 0 Å². The Kier molecular flexibility index (Phi) is 3.44. The summed E-state index contributed by atoms with van der Waals surface area (Å²) in [6.07, 6.45) is -1.08. The maximum absolute atomic E-state index is 9.82. The summed E-state index contributed by atoms with van der Waals surface area (Å²) in [6, 6.07) is 0. The van der Waals surface area contributed by atoms with Crippen LogP contribution in [0.25, 0.3) is 0 Å². The van der Waals surface area contributed by atoms with Crippen molar-refractivity contribution in [2.24, 2.45) is 5.73 Å². The van der Waals surface area contributed by atoms with Crippen molar-refractivity contribution in [3.8, 4) is 0 Å². The summed E-state index contributed by atoms with van der Waals surface area (Å²) in [4.78, 5) is 0. The summed E-state index contributed by atoms with van der Waals surface area (Å²) in [7, 11) is -4.41. The second-order valence-corrected chi connectivity index (χ2v) is 2.66. The van der Waals surface area contributed by atoms with Gasteiger partial charge in [0.2, 0.25) is 0 Å². The minimum Gasteiger partial charge on any atom is -0.304 e. The predicted molar refractivity (Wildman–Crippen MR) is 34.5 cm³/mol. The molecule has 7 heteroatoms. The smallest absolute Gasteiger partial charge is 0.304 e. The Labute approximate surface area is 58.6 Å². The van der Waals surface area contributed by atoms with E-state index in [2.05, 4.69) is 16.8 Å². The minimum absolute atomic E-state index is 0.0276. The lowest BCUT2D eigenvalue weighted by molar-refractivity contribution is 0.208. The number of nitrogens with two attached hydrogens (primary N) is 1. The zero-order chi connectivity index (χ0) is 7.49. The lowest BCUT2D eigenvalue weighted by Crippen LogP contribution is -2.28. The SMILES string of the molecule is NC(CS)OS(=O)(=O)O. The molecule has 1 atom stereocenters. The van der Waals surface area contributed by atoms with Gasteiger partial charge in [0.15, 0.2) is 0 Å². The van der Waals surface area contributed by atoms with E-state index in [9.17, 15) is 8.42 Å². The molecule has 1 unspecified atom stereocenters. The lowest BCUT2D eigenvalue weighted by Gasteiger charge is -2.04. The first-order valence-corrected chi connectivity index (χ1v) is 3.97. The van der Waals surface area contributed by atoms with Gasteiger partial charge in [-0.25, -0.2) is 4.18 Å². The fourth-order valence-electron chi connectivity index (χ4n) is 0.187. The molecule has 0 rings (SSSR count). The molecule has 0 amide bonds. The molecule has 9 heavy (non-hydrogen) atoms. The highest BCUT2D eigenvalue weighted by Crippen LogP contribution is 1.91. The van der Waals surface area contributed by atoms with E-state index >= 15 is 0 Å². The molecule has 0 aromatic rings. The average molecular weight is 173 g/mol. The predicted octanol–water partition coefficient (Wildman–Crippen LogP) is -0.980. The first kappa shape index (κ1) is 9.18. The molecule has 0 radical (unpaired) electrons. The van der Waals surface area contributed by atoms with E-state index in [1.54, 1.807) is 0 Å². The van der Waals surface area contributed by atoms with Crippen molar-refractivity contribution < 1.29 is 17.2 Å². The van der Waals surface area contributed by atoms with Crippen molar-refractivity contribution in [1.29, 1.82) is 0 Å². The Morgan fingerprint density at radius 1 is 1.78 bits per heavy atom. The minimum atomic E-state index is -4.41. The molecular formula is C2H7NO4S2. The van der Waals surface area contributed by atoms with Crippen LogP contribution in [0.2, 0.25) is 0 Å². The Hall–Kier alpha value is 0.180. The molecule has 0 aromatic heterocycles. The summed E-state index contributed by atoms with van der Waals surface area (Å²) in [6.45, 7) is 0. The molecule has 56 valence electrons. The molecule has 0 heterocycles. The van der Waals surface area contributed by atoms with Gasteiger partial charge in [0.1, 0.15) is 6.23 Å².